The smallest absolute Gasteiger partial charge is 0.261 e. The third kappa shape index (κ3) is 2.65. The molecule has 0 saturated carbocycles. The zero-order chi connectivity index (χ0) is 18.3. The van der Waals surface area contributed by atoms with Crippen LogP contribution in [0.1, 0.15) is 30.2 Å². The van der Waals surface area contributed by atoms with Gasteiger partial charge in [0.2, 0.25) is 0 Å². The van der Waals surface area contributed by atoms with Crippen LogP contribution >= 0.6 is 0 Å². The molecule has 3 aromatic heterocycles. The predicted molar refractivity (Wildman–Crippen MR) is 97.6 cm³/mol. The number of aromatic nitrogens is 5. The normalized spacial score (nSPS) is 11.4. The molecule has 8 nitrogen and oxygen atoms in total. The van der Waals surface area contributed by atoms with E-state index in [2.05, 4.69) is 34.3 Å². The maximum atomic E-state index is 12.7. The van der Waals surface area contributed by atoms with E-state index in [-0.39, 0.29) is 11.9 Å². The molecule has 0 radical (unpaired) electrons. The van der Waals surface area contributed by atoms with E-state index in [0.29, 0.717) is 22.6 Å². The van der Waals surface area contributed by atoms with Crippen LogP contribution in [0.2, 0.25) is 0 Å². The molecule has 0 saturated heterocycles. The molecule has 4 aromatic rings. The van der Waals surface area contributed by atoms with Crippen molar-refractivity contribution in [1.82, 2.24) is 24.4 Å². The Morgan fingerprint density at radius 2 is 2.15 bits per heavy atom. The number of ether oxygens (including phenoxy) is 1. The number of hydrogen-bond acceptors (Lipinski definition) is 5. The fourth-order valence-electron chi connectivity index (χ4n) is 2.78. The molecule has 0 aliphatic heterocycles. The maximum absolute atomic E-state index is 12.7. The molecular weight excluding hydrogens is 332 g/mol. The van der Waals surface area contributed by atoms with Crippen molar-refractivity contribution in [2.75, 3.05) is 12.4 Å². The van der Waals surface area contributed by atoms with Gasteiger partial charge in [-0.05, 0) is 26.0 Å². The SMILES string of the molecule is COc1cc2nn(C(C)C)cc2cc1NC(=O)c1cnn2cccnc12. The van der Waals surface area contributed by atoms with Crippen molar-refractivity contribution in [3.8, 4) is 5.75 Å². The first-order valence-electron chi connectivity index (χ1n) is 8.23. The fraction of sp³-hybridized carbons (Fsp3) is 0.222. The number of nitrogens with one attached hydrogen (secondary N) is 1. The summed E-state index contributed by atoms with van der Waals surface area (Å²) in [5.41, 5.74) is 2.28. The van der Waals surface area contributed by atoms with Crippen LogP contribution in [0.25, 0.3) is 16.6 Å². The van der Waals surface area contributed by atoms with Gasteiger partial charge in [0.05, 0.1) is 24.5 Å². The largest absolute Gasteiger partial charge is 0.494 e. The molecule has 132 valence electrons. The van der Waals surface area contributed by atoms with E-state index in [0.717, 1.165) is 10.9 Å². The summed E-state index contributed by atoms with van der Waals surface area (Å²) in [5, 5.41) is 12.5. The average Bonchev–Trinajstić information content (AvgIpc) is 3.24. The van der Waals surface area contributed by atoms with Crippen LogP contribution in [0, 0.1) is 0 Å². The molecule has 0 fully saturated rings. The van der Waals surface area contributed by atoms with Crippen molar-refractivity contribution in [3.05, 3.63) is 48.5 Å². The van der Waals surface area contributed by atoms with Crippen LogP contribution in [0.3, 0.4) is 0 Å². The Bertz CT molecular complexity index is 1110. The second kappa shape index (κ2) is 6.14. The molecular formula is C18H18N6O2. The number of benzene rings is 1. The summed E-state index contributed by atoms with van der Waals surface area (Å²) in [6.45, 7) is 4.12. The lowest BCUT2D eigenvalue weighted by molar-refractivity contribution is 0.102. The lowest BCUT2D eigenvalue weighted by Gasteiger charge is -2.09. The zero-order valence-electron chi connectivity index (χ0n) is 14.7. The van der Waals surface area contributed by atoms with Gasteiger partial charge in [-0.2, -0.15) is 10.2 Å². The molecule has 0 aliphatic carbocycles. The van der Waals surface area contributed by atoms with Crippen molar-refractivity contribution in [1.29, 1.82) is 0 Å². The minimum atomic E-state index is -0.299. The Labute approximate surface area is 149 Å². The standard InChI is InChI=1S/C18H18N6O2/c1-11(2)24-10-12-7-15(16(26-3)8-14(12)22-24)21-18(25)13-9-20-23-6-4-5-19-17(13)23/h4-11H,1-3H3,(H,21,25). The molecule has 1 amide bonds. The molecule has 1 aromatic carbocycles. The first-order chi connectivity index (χ1) is 12.6. The van der Waals surface area contributed by atoms with Gasteiger partial charge >= 0.3 is 0 Å². The lowest BCUT2D eigenvalue weighted by Crippen LogP contribution is -2.12. The minimum absolute atomic E-state index is 0.247. The van der Waals surface area contributed by atoms with Crippen LogP contribution in [0.4, 0.5) is 5.69 Å². The van der Waals surface area contributed by atoms with Crippen LogP contribution in [0.15, 0.2) is 43.0 Å². The van der Waals surface area contributed by atoms with Crippen molar-refractivity contribution >= 4 is 28.1 Å². The number of fused-ring (bicyclic) bond motifs is 2. The van der Waals surface area contributed by atoms with Crippen molar-refractivity contribution in [2.45, 2.75) is 19.9 Å². The molecule has 8 heteroatoms. The lowest BCUT2D eigenvalue weighted by atomic mass is 10.2. The Morgan fingerprint density at radius 3 is 2.92 bits per heavy atom. The van der Waals surface area contributed by atoms with Crippen LogP contribution in [0.5, 0.6) is 5.75 Å². The van der Waals surface area contributed by atoms with E-state index in [4.69, 9.17) is 4.74 Å². The highest BCUT2D eigenvalue weighted by Crippen LogP contribution is 2.30. The predicted octanol–water partition coefficient (Wildman–Crippen LogP) is 2.92. The van der Waals surface area contributed by atoms with Gasteiger partial charge in [0.15, 0.2) is 5.65 Å². The number of amides is 1. The molecule has 26 heavy (non-hydrogen) atoms. The van der Waals surface area contributed by atoms with Crippen molar-refractivity contribution in [2.24, 2.45) is 0 Å². The summed E-state index contributed by atoms with van der Waals surface area (Å²) in [6, 6.07) is 5.68. The maximum Gasteiger partial charge on any atom is 0.261 e. The fourth-order valence-corrected chi connectivity index (χ4v) is 2.78. The second-order valence-electron chi connectivity index (χ2n) is 6.21. The van der Waals surface area contributed by atoms with Crippen LogP contribution < -0.4 is 10.1 Å². The molecule has 1 N–H and O–H groups in total. The van der Waals surface area contributed by atoms with E-state index in [1.807, 2.05) is 23.0 Å². The van der Waals surface area contributed by atoms with Crippen LogP contribution in [-0.2, 0) is 0 Å². The molecule has 0 spiro atoms. The van der Waals surface area contributed by atoms with Gasteiger partial charge in [-0.25, -0.2) is 9.50 Å². The minimum Gasteiger partial charge on any atom is -0.494 e. The van der Waals surface area contributed by atoms with Crippen molar-refractivity contribution in [3.63, 3.8) is 0 Å². The highest BCUT2D eigenvalue weighted by molar-refractivity contribution is 6.09. The quantitative estimate of drug-likeness (QED) is 0.611. The first-order valence-corrected chi connectivity index (χ1v) is 8.23. The van der Waals surface area contributed by atoms with E-state index in [9.17, 15) is 4.79 Å². The highest BCUT2D eigenvalue weighted by atomic mass is 16.5. The van der Waals surface area contributed by atoms with Gasteiger partial charge in [0.1, 0.15) is 11.3 Å². The molecule has 0 aliphatic rings. The molecule has 0 atom stereocenters. The van der Waals surface area contributed by atoms with E-state index in [1.54, 1.807) is 30.1 Å². The first kappa shape index (κ1) is 16.1. The Balaban J connectivity index is 1.72. The van der Waals surface area contributed by atoms with E-state index < -0.39 is 0 Å². The summed E-state index contributed by atoms with van der Waals surface area (Å²) in [4.78, 5) is 16.9. The second-order valence-corrected chi connectivity index (χ2v) is 6.21. The molecule has 0 bridgehead atoms. The number of nitrogens with zero attached hydrogens (tertiary/aromatic N) is 5. The number of carbonyl (C=O) groups is 1. The summed E-state index contributed by atoms with van der Waals surface area (Å²) in [6.07, 6.45) is 6.82. The Hall–Kier alpha value is -3.42. The van der Waals surface area contributed by atoms with E-state index in [1.165, 1.54) is 6.20 Å². The molecule has 4 rings (SSSR count). The third-order valence-electron chi connectivity index (χ3n) is 4.14. The number of anilines is 1. The topological polar surface area (TPSA) is 86.3 Å². The summed E-state index contributed by atoms with van der Waals surface area (Å²) < 4.78 is 8.87. The monoisotopic (exact) mass is 350 g/mol. The van der Waals surface area contributed by atoms with Gasteiger partial charge in [-0.15, -0.1) is 0 Å². The van der Waals surface area contributed by atoms with Gasteiger partial charge in [0.25, 0.3) is 5.91 Å². The third-order valence-corrected chi connectivity index (χ3v) is 4.14. The number of rotatable bonds is 4. The number of carbonyl (C=O) groups excluding carboxylic acids is 1. The summed E-state index contributed by atoms with van der Waals surface area (Å²) in [7, 11) is 1.56. The highest BCUT2D eigenvalue weighted by Gasteiger charge is 2.17. The number of methoxy groups -OCH3 is 1. The molecule has 3 heterocycles. The van der Waals surface area contributed by atoms with Crippen LogP contribution in [-0.4, -0.2) is 37.4 Å². The summed E-state index contributed by atoms with van der Waals surface area (Å²) in [5.74, 6) is 0.247. The molecule has 0 unspecified atom stereocenters. The Kier molecular flexibility index (Phi) is 3.80. The average molecular weight is 350 g/mol. The van der Waals surface area contributed by atoms with Gasteiger partial charge in [-0.1, -0.05) is 0 Å². The van der Waals surface area contributed by atoms with Gasteiger partial charge in [0, 0.05) is 36.1 Å². The number of hydrogen-bond donors (Lipinski definition) is 1. The summed E-state index contributed by atoms with van der Waals surface area (Å²) >= 11 is 0. The van der Waals surface area contributed by atoms with Gasteiger partial charge in [-0.3, -0.25) is 9.48 Å². The van der Waals surface area contributed by atoms with Gasteiger partial charge < -0.3 is 10.1 Å². The van der Waals surface area contributed by atoms with Crippen molar-refractivity contribution < 1.29 is 9.53 Å². The Morgan fingerprint density at radius 1 is 1.31 bits per heavy atom. The van der Waals surface area contributed by atoms with E-state index >= 15 is 0 Å². The zero-order valence-corrected chi connectivity index (χ0v) is 14.7.